The van der Waals surface area contributed by atoms with Crippen molar-refractivity contribution >= 4 is 17.3 Å². The Balaban J connectivity index is 2.63. The van der Waals surface area contributed by atoms with Crippen LogP contribution in [-0.4, -0.2) is 30.2 Å². The number of methoxy groups -OCH3 is 1. The number of hydrazine groups is 1. The molecule has 0 aliphatic carbocycles. The Morgan fingerprint density at radius 1 is 1.50 bits per heavy atom. The van der Waals surface area contributed by atoms with E-state index < -0.39 is 4.92 Å². The highest BCUT2D eigenvalue weighted by atomic mass is 16.6. The van der Waals surface area contributed by atoms with Crippen LogP contribution in [0, 0.1) is 10.1 Å². The number of nitrogens with two attached hydrogens (primary N) is 1. The number of anilines is 2. The molecule has 0 unspecified atom stereocenters. The number of nitrogen functional groups attached to an aromatic ring is 1. The third-order valence-electron chi connectivity index (χ3n) is 2.29. The Morgan fingerprint density at radius 2 is 2.28 bits per heavy atom. The van der Waals surface area contributed by atoms with E-state index in [2.05, 4.69) is 15.7 Å². The molecule has 0 bridgehead atoms. The van der Waals surface area contributed by atoms with E-state index in [1.165, 1.54) is 12.1 Å². The van der Waals surface area contributed by atoms with Crippen LogP contribution in [0.15, 0.2) is 12.1 Å². The molecule has 0 saturated carbocycles. The number of nitrogens with one attached hydrogen (secondary N) is 2. The molecule has 0 atom stereocenters. The highest BCUT2D eigenvalue weighted by Gasteiger charge is 2.15. The maximum absolute atomic E-state index is 10.8. The van der Waals surface area contributed by atoms with Crippen LogP contribution in [0.4, 0.5) is 17.3 Å². The summed E-state index contributed by atoms with van der Waals surface area (Å²) in [7, 11) is 1.64. The van der Waals surface area contributed by atoms with Gasteiger partial charge >= 0.3 is 5.69 Å². The number of ether oxygens (including phenoxy) is 1. The Labute approximate surface area is 105 Å². The van der Waals surface area contributed by atoms with Crippen molar-refractivity contribution in [1.29, 1.82) is 0 Å². The summed E-state index contributed by atoms with van der Waals surface area (Å²) in [5.74, 6) is 5.80. The number of aromatic nitrogens is 1. The van der Waals surface area contributed by atoms with Crippen LogP contribution in [0.3, 0.4) is 0 Å². The van der Waals surface area contributed by atoms with Crippen LogP contribution in [0.1, 0.15) is 12.8 Å². The minimum atomic E-state index is -0.481. The third kappa shape index (κ3) is 4.15. The maximum atomic E-state index is 10.8. The van der Waals surface area contributed by atoms with Gasteiger partial charge in [-0.15, -0.1) is 0 Å². The molecule has 0 spiro atoms. The number of hydrogen-bond acceptors (Lipinski definition) is 7. The molecule has 0 aliphatic rings. The SMILES string of the molecule is COCCCCNc1nc(NN)ccc1[N+](=O)[O-]. The lowest BCUT2D eigenvalue weighted by Crippen LogP contribution is -2.12. The molecule has 1 heterocycles. The van der Waals surface area contributed by atoms with Gasteiger partial charge in [-0.05, 0) is 18.9 Å². The molecular formula is C10H17N5O3. The van der Waals surface area contributed by atoms with E-state index in [9.17, 15) is 10.1 Å². The van der Waals surface area contributed by atoms with Gasteiger partial charge in [0.05, 0.1) is 4.92 Å². The average molecular weight is 255 g/mol. The molecule has 0 aliphatic heterocycles. The van der Waals surface area contributed by atoms with Crippen molar-refractivity contribution in [2.45, 2.75) is 12.8 Å². The van der Waals surface area contributed by atoms with Gasteiger partial charge < -0.3 is 15.5 Å². The van der Waals surface area contributed by atoms with Crippen molar-refractivity contribution in [3.8, 4) is 0 Å². The minimum absolute atomic E-state index is 0.0688. The van der Waals surface area contributed by atoms with E-state index in [1.807, 2.05) is 0 Å². The molecule has 18 heavy (non-hydrogen) atoms. The molecule has 0 radical (unpaired) electrons. The van der Waals surface area contributed by atoms with E-state index >= 15 is 0 Å². The summed E-state index contributed by atoms with van der Waals surface area (Å²) in [6.45, 7) is 1.26. The standard InChI is InChI=1S/C10H17N5O3/c1-18-7-3-2-6-12-10-8(15(16)17)4-5-9(13-10)14-11/h4-5H,2-3,6-7,11H2,1H3,(H2,12,13,14). The zero-order valence-electron chi connectivity index (χ0n) is 10.2. The molecule has 1 aromatic heterocycles. The topological polar surface area (TPSA) is 115 Å². The highest BCUT2D eigenvalue weighted by molar-refractivity contribution is 5.59. The summed E-state index contributed by atoms with van der Waals surface area (Å²) in [6.07, 6.45) is 1.72. The predicted molar refractivity (Wildman–Crippen MR) is 68.3 cm³/mol. The number of unbranched alkanes of at least 4 members (excludes halogenated alkanes) is 1. The lowest BCUT2D eigenvalue weighted by Gasteiger charge is -2.07. The molecule has 8 heteroatoms. The number of pyridine rings is 1. The minimum Gasteiger partial charge on any atom is -0.385 e. The predicted octanol–water partition coefficient (Wildman–Crippen LogP) is 1.11. The van der Waals surface area contributed by atoms with E-state index in [0.717, 1.165) is 12.8 Å². The first-order chi connectivity index (χ1) is 8.69. The Morgan fingerprint density at radius 3 is 2.89 bits per heavy atom. The van der Waals surface area contributed by atoms with Gasteiger partial charge in [-0.1, -0.05) is 0 Å². The van der Waals surface area contributed by atoms with Crippen molar-refractivity contribution in [2.75, 3.05) is 31.0 Å². The number of nitrogens with zero attached hydrogens (tertiary/aromatic N) is 2. The molecular weight excluding hydrogens is 238 g/mol. The zero-order chi connectivity index (χ0) is 13.4. The fourth-order valence-electron chi connectivity index (χ4n) is 1.39. The summed E-state index contributed by atoms with van der Waals surface area (Å²) >= 11 is 0. The lowest BCUT2D eigenvalue weighted by atomic mass is 10.3. The second-order valence-electron chi connectivity index (χ2n) is 3.59. The van der Waals surface area contributed by atoms with Crippen molar-refractivity contribution < 1.29 is 9.66 Å². The molecule has 0 aromatic carbocycles. The van der Waals surface area contributed by atoms with E-state index in [-0.39, 0.29) is 11.5 Å². The third-order valence-corrected chi connectivity index (χ3v) is 2.29. The quantitative estimate of drug-likeness (QED) is 0.276. The number of rotatable bonds is 8. The second-order valence-corrected chi connectivity index (χ2v) is 3.59. The molecule has 100 valence electrons. The Bertz CT molecular complexity index is 399. The summed E-state index contributed by atoms with van der Waals surface area (Å²) < 4.78 is 4.91. The molecule has 1 aromatic rings. The van der Waals surface area contributed by atoms with Crippen molar-refractivity contribution in [3.05, 3.63) is 22.2 Å². The van der Waals surface area contributed by atoms with E-state index in [1.54, 1.807) is 7.11 Å². The van der Waals surface area contributed by atoms with Crippen LogP contribution >= 0.6 is 0 Å². The monoisotopic (exact) mass is 255 g/mol. The first-order valence-corrected chi connectivity index (χ1v) is 5.54. The van der Waals surface area contributed by atoms with E-state index in [0.29, 0.717) is 19.0 Å². The van der Waals surface area contributed by atoms with Gasteiger partial charge in [-0.25, -0.2) is 10.8 Å². The first kappa shape index (κ1) is 14.1. The van der Waals surface area contributed by atoms with Crippen LogP contribution in [0.25, 0.3) is 0 Å². The first-order valence-electron chi connectivity index (χ1n) is 5.54. The molecule has 8 nitrogen and oxygen atoms in total. The largest absolute Gasteiger partial charge is 0.385 e. The second kappa shape index (κ2) is 7.41. The Hall–Kier alpha value is -1.93. The summed E-state index contributed by atoms with van der Waals surface area (Å²) in [5, 5.41) is 13.7. The summed E-state index contributed by atoms with van der Waals surface area (Å²) in [4.78, 5) is 14.3. The van der Waals surface area contributed by atoms with Gasteiger partial charge in [0.25, 0.3) is 0 Å². The van der Waals surface area contributed by atoms with Crippen molar-refractivity contribution in [3.63, 3.8) is 0 Å². The Kier molecular flexibility index (Phi) is 5.81. The van der Waals surface area contributed by atoms with Gasteiger partial charge in [0.1, 0.15) is 5.82 Å². The summed E-state index contributed by atoms with van der Waals surface area (Å²) in [5.41, 5.74) is 2.28. The van der Waals surface area contributed by atoms with Gasteiger partial charge in [0.2, 0.25) is 5.82 Å². The molecule has 0 fully saturated rings. The lowest BCUT2D eigenvalue weighted by molar-refractivity contribution is -0.384. The van der Waals surface area contributed by atoms with Crippen LogP contribution in [-0.2, 0) is 4.74 Å². The van der Waals surface area contributed by atoms with Crippen LogP contribution < -0.4 is 16.6 Å². The van der Waals surface area contributed by atoms with Gasteiger partial charge in [0.15, 0.2) is 0 Å². The van der Waals surface area contributed by atoms with Crippen LogP contribution in [0.2, 0.25) is 0 Å². The smallest absolute Gasteiger partial charge is 0.311 e. The fourth-order valence-corrected chi connectivity index (χ4v) is 1.39. The van der Waals surface area contributed by atoms with Crippen molar-refractivity contribution in [2.24, 2.45) is 5.84 Å². The molecule has 1 rings (SSSR count). The summed E-state index contributed by atoms with van der Waals surface area (Å²) in [6, 6.07) is 2.81. The number of nitro groups is 1. The molecule has 0 saturated heterocycles. The highest BCUT2D eigenvalue weighted by Crippen LogP contribution is 2.23. The fraction of sp³-hybridized carbons (Fsp3) is 0.500. The number of hydrogen-bond donors (Lipinski definition) is 3. The van der Waals surface area contributed by atoms with Crippen molar-refractivity contribution in [1.82, 2.24) is 4.98 Å². The average Bonchev–Trinajstić information content (AvgIpc) is 2.38. The van der Waals surface area contributed by atoms with Crippen LogP contribution in [0.5, 0.6) is 0 Å². The van der Waals surface area contributed by atoms with Gasteiger partial charge in [-0.3, -0.25) is 10.1 Å². The van der Waals surface area contributed by atoms with Gasteiger partial charge in [0, 0.05) is 26.3 Å². The van der Waals surface area contributed by atoms with E-state index in [4.69, 9.17) is 10.6 Å². The molecule has 4 N–H and O–H groups in total. The zero-order valence-corrected chi connectivity index (χ0v) is 10.2. The molecule has 0 amide bonds. The normalized spacial score (nSPS) is 10.1. The maximum Gasteiger partial charge on any atom is 0.311 e. The van der Waals surface area contributed by atoms with Gasteiger partial charge in [-0.2, -0.15) is 0 Å².